The highest BCUT2D eigenvalue weighted by Crippen LogP contribution is 2.41. The van der Waals surface area contributed by atoms with Gasteiger partial charge in [0, 0.05) is 6.42 Å². The summed E-state index contributed by atoms with van der Waals surface area (Å²) in [6, 6.07) is 7.14. The van der Waals surface area contributed by atoms with Gasteiger partial charge in [0.05, 0.1) is 0 Å². The fourth-order valence-corrected chi connectivity index (χ4v) is 1.46. The van der Waals surface area contributed by atoms with E-state index in [9.17, 15) is 18.3 Å². The van der Waals surface area contributed by atoms with Crippen LogP contribution in [0.25, 0.3) is 0 Å². The van der Waals surface area contributed by atoms with Gasteiger partial charge >= 0.3 is 6.18 Å². The van der Waals surface area contributed by atoms with E-state index in [0.29, 0.717) is 0 Å². The van der Waals surface area contributed by atoms with Crippen LogP contribution in [-0.2, 0) is 5.60 Å². The smallest absolute Gasteiger partial charge is 0.376 e. The third-order valence-corrected chi connectivity index (χ3v) is 2.53. The zero-order valence-electron chi connectivity index (χ0n) is 9.75. The van der Waals surface area contributed by atoms with Crippen molar-refractivity contribution in [1.29, 1.82) is 0 Å². The number of hydrogen-bond acceptors (Lipinski definition) is 1. The molecule has 0 aliphatic heterocycles. The summed E-state index contributed by atoms with van der Waals surface area (Å²) < 4.78 is 38.9. The molecule has 0 saturated carbocycles. The second kappa shape index (κ2) is 4.92. The Kier molecular flexibility index (Phi) is 3.98. The third kappa shape index (κ3) is 3.09. The summed E-state index contributed by atoms with van der Waals surface area (Å²) in [5, 5.41) is 9.90. The minimum atomic E-state index is -4.69. The first-order chi connectivity index (χ1) is 7.77. The average molecular weight is 244 g/mol. The van der Waals surface area contributed by atoms with E-state index < -0.39 is 18.2 Å². The van der Waals surface area contributed by atoms with Gasteiger partial charge in [-0.25, -0.2) is 0 Å². The molecule has 0 bridgehead atoms. The molecule has 1 nitrogen and oxygen atoms in total. The van der Waals surface area contributed by atoms with E-state index in [1.54, 1.807) is 19.9 Å². The molecule has 0 radical (unpaired) electrons. The summed E-state index contributed by atoms with van der Waals surface area (Å²) >= 11 is 0. The van der Waals surface area contributed by atoms with Gasteiger partial charge in [-0.1, -0.05) is 42.0 Å². The Bertz CT molecular complexity index is 391. The first kappa shape index (κ1) is 13.8. The predicted octanol–water partition coefficient (Wildman–Crippen LogP) is 3.79. The van der Waals surface area contributed by atoms with E-state index in [4.69, 9.17) is 0 Å². The molecule has 0 saturated heterocycles. The van der Waals surface area contributed by atoms with Crippen molar-refractivity contribution in [1.82, 2.24) is 0 Å². The summed E-state index contributed by atoms with van der Waals surface area (Å²) in [6.45, 7) is 3.39. The number of rotatable bonds is 3. The van der Waals surface area contributed by atoms with Crippen LogP contribution in [0.5, 0.6) is 0 Å². The summed E-state index contributed by atoms with van der Waals surface area (Å²) in [6.07, 6.45) is -3.77. The lowest BCUT2D eigenvalue weighted by Crippen LogP contribution is -2.41. The Labute approximate surface area is 98.6 Å². The summed E-state index contributed by atoms with van der Waals surface area (Å²) in [5.41, 5.74) is -2.21. The van der Waals surface area contributed by atoms with E-state index >= 15 is 0 Å². The topological polar surface area (TPSA) is 20.2 Å². The number of halogens is 3. The molecule has 0 unspecified atom stereocenters. The molecule has 17 heavy (non-hydrogen) atoms. The van der Waals surface area contributed by atoms with E-state index in [1.165, 1.54) is 30.3 Å². The molecule has 4 heteroatoms. The predicted molar refractivity (Wildman–Crippen MR) is 60.4 cm³/mol. The van der Waals surface area contributed by atoms with Crippen molar-refractivity contribution in [2.45, 2.75) is 32.0 Å². The Hall–Kier alpha value is -1.29. The highest BCUT2D eigenvalue weighted by molar-refractivity contribution is 5.25. The van der Waals surface area contributed by atoms with E-state index in [-0.39, 0.29) is 5.56 Å². The van der Waals surface area contributed by atoms with Crippen molar-refractivity contribution in [3.8, 4) is 0 Å². The molecular formula is C13H15F3O. The second-order valence-corrected chi connectivity index (χ2v) is 4.21. The maximum atomic E-state index is 13.0. The van der Waals surface area contributed by atoms with Crippen LogP contribution in [0.2, 0.25) is 0 Å². The fourth-order valence-electron chi connectivity index (χ4n) is 1.46. The summed E-state index contributed by atoms with van der Waals surface area (Å²) in [4.78, 5) is 0. The molecule has 94 valence electrons. The fraction of sp³-hybridized carbons (Fsp3) is 0.385. The SMILES string of the molecule is CC(C)=CC[C@@](O)(c1ccccc1)C(F)(F)F. The van der Waals surface area contributed by atoms with E-state index in [1.807, 2.05) is 0 Å². The number of aliphatic hydroxyl groups is 1. The molecule has 1 rings (SSSR count). The molecular weight excluding hydrogens is 229 g/mol. The molecule has 1 aromatic rings. The Morgan fingerprint density at radius 1 is 1.18 bits per heavy atom. The normalized spacial score (nSPS) is 15.2. The minimum Gasteiger partial charge on any atom is -0.376 e. The van der Waals surface area contributed by atoms with Crippen LogP contribution < -0.4 is 0 Å². The number of benzene rings is 1. The molecule has 0 fully saturated rings. The zero-order chi connectivity index (χ0) is 13.1. The monoisotopic (exact) mass is 244 g/mol. The Morgan fingerprint density at radius 2 is 1.71 bits per heavy atom. The summed E-state index contributed by atoms with van der Waals surface area (Å²) in [7, 11) is 0. The van der Waals surface area contributed by atoms with Crippen molar-refractivity contribution in [3.63, 3.8) is 0 Å². The standard InChI is InChI=1S/C13H15F3O/c1-10(2)8-9-12(17,13(14,15)16)11-6-4-3-5-7-11/h3-8,17H,9H2,1-2H3/t12-/m1/s1. The first-order valence-electron chi connectivity index (χ1n) is 5.25. The minimum absolute atomic E-state index is 0.134. The lowest BCUT2D eigenvalue weighted by Gasteiger charge is -2.30. The maximum absolute atomic E-state index is 13.0. The average Bonchev–Trinajstić information content (AvgIpc) is 2.25. The largest absolute Gasteiger partial charge is 0.421 e. The van der Waals surface area contributed by atoms with Crippen LogP contribution in [0.4, 0.5) is 13.2 Å². The van der Waals surface area contributed by atoms with Crippen LogP contribution in [0.1, 0.15) is 25.8 Å². The molecule has 1 aromatic carbocycles. The third-order valence-electron chi connectivity index (χ3n) is 2.53. The molecule has 0 amide bonds. The van der Waals surface area contributed by atoms with Gasteiger partial charge in [-0.3, -0.25) is 0 Å². The lowest BCUT2D eigenvalue weighted by atomic mass is 9.89. The molecule has 0 aromatic heterocycles. The van der Waals surface area contributed by atoms with Crippen molar-refractivity contribution in [3.05, 3.63) is 47.5 Å². The number of hydrogen-bond donors (Lipinski definition) is 1. The van der Waals surface area contributed by atoms with Gasteiger partial charge in [0.15, 0.2) is 5.60 Å². The number of alkyl halides is 3. The van der Waals surface area contributed by atoms with Gasteiger partial charge in [0.1, 0.15) is 0 Å². The molecule has 1 N–H and O–H groups in total. The van der Waals surface area contributed by atoms with Crippen LogP contribution >= 0.6 is 0 Å². The van der Waals surface area contributed by atoms with E-state index in [0.717, 1.165) is 5.57 Å². The van der Waals surface area contributed by atoms with Crippen LogP contribution in [-0.4, -0.2) is 11.3 Å². The molecule has 0 aliphatic rings. The van der Waals surface area contributed by atoms with Gasteiger partial charge in [-0.15, -0.1) is 0 Å². The van der Waals surface area contributed by atoms with Crippen molar-refractivity contribution in [2.75, 3.05) is 0 Å². The molecule has 0 spiro atoms. The lowest BCUT2D eigenvalue weighted by molar-refractivity contribution is -0.265. The van der Waals surface area contributed by atoms with Gasteiger partial charge in [-0.2, -0.15) is 13.2 Å². The maximum Gasteiger partial charge on any atom is 0.421 e. The highest BCUT2D eigenvalue weighted by Gasteiger charge is 2.53. The van der Waals surface area contributed by atoms with Crippen molar-refractivity contribution < 1.29 is 18.3 Å². The number of allylic oxidation sites excluding steroid dienone is 1. The van der Waals surface area contributed by atoms with Crippen LogP contribution in [0.15, 0.2) is 42.0 Å². The molecule has 0 heterocycles. The Balaban J connectivity index is 3.17. The van der Waals surface area contributed by atoms with Gasteiger partial charge in [0.2, 0.25) is 0 Å². The van der Waals surface area contributed by atoms with Crippen LogP contribution in [0.3, 0.4) is 0 Å². The molecule has 0 aliphatic carbocycles. The van der Waals surface area contributed by atoms with Crippen LogP contribution in [0, 0.1) is 0 Å². The zero-order valence-corrected chi connectivity index (χ0v) is 9.75. The van der Waals surface area contributed by atoms with Gasteiger partial charge in [-0.05, 0) is 19.4 Å². The Morgan fingerprint density at radius 3 is 2.12 bits per heavy atom. The van der Waals surface area contributed by atoms with Gasteiger partial charge in [0.25, 0.3) is 0 Å². The highest BCUT2D eigenvalue weighted by atomic mass is 19.4. The van der Waals surface area contributed by atoms with Gasteiger partial charge < -0.3 is 5.11 Å². The first-order valence-corrected chi connectivity index (χ1v) is 5.25. The van der Waals surface area contributed by atoms with Crippen molar-refractivity contribution >= 4 is 0 Å². The second-order valence-electron chi connectivity index (χ2n) is 4.21. The molecule has 1 atom stereocenters. The van der Waals surface area contributed by atoms with E-state index in [2.05, 4.69) is 0 Å². The quantitative estimate of drug-likeness (QED) is 0.802. The summed E-state index contributed by atoms with van der Waals surface area (Å²) in [5.74, 6) is 0. The van der Waals surface area contributed by atoms with Crippen molar-refractivity contribution in [2.24, 2.45) is 0 Å².